The van der Waals surface area contributed by atoms with Gasteiger partial charge in [0.25, 0.3) is 5.69 Å². The predicted octanol–water partition coefficient (Wildman–Crippen LogP) is 1.77. The van der Waals surface area contributed by atoms with E-state index in [1.807, 2.05) is 6.07 Å². The lowest BCUT2D eigenvalue weighted by molar-refractivity contribution is -0.384. The van der Waals surface area contributed by atoms with Crippen LogP contribution >= 0.6 is 12.2 Å². The normalized spacial score (nSPS) is 10.4. The van der Waals surface area contributed by atoms with Crippen molar-refractivity contribution in [2.45, 2.75) is 6.54 Å². The van der Waals surface area contributed by atoms with Gasteiger partial charge in [-0.25, -0.2) is 0 Å². The van der Waals surface area contributed by atoms with Crippen LogP contribution in [0.1, 0.15) is 11.1 Å². The summed E-state index contributed by atoms with van der Waals surface area (Å²) in [4.78, 5) is 14.8. The Morgan fingerprint density at radius 1 is 1.48 bits per heavy atom. The molecule has 0 radical (unpaired) electrons. The molecular formula is C14H14N6O2S. The molecule has 2 aromatic rings. The molecule has 4 N–H and O–H groups in total. The molecular weight excluding hydrogens is 316 g/mol. The average molecular weight is 330 g/mol. The van der Waals surface area contributed by atoms with E-state index in [1.165, 1.54) is 12.3 Å². The predicted molar refractivity (Wildman–Crippen MR) is 92.2 cm³/mol. The number of nitrogens with zero attached hydrogens (tertiary/aromatic N) is 3. The monoisotopic (exact) mass is 330 g/mol. The number of pyridine rings is 1. The van der Waals surface area contributed by atoms with Crippen LogP contribution in [-0.2, 0) is 6.54 Å². The third kappa shape index (κ3) is 5.00. The van der Waals surface area contributed by atoms with Gasteiger partial charge >= 0.3 is 0 Å². The number of nitro groups is 1. The van der Waals surface area contributed by atoms with Crippen molar-refractivity contribution in [3.05, 3.63) is 64.0 Å². The summed E-state index contributed by atoms with van der Waals surface area (Å²) in [6.45, 7) is 0.436. The van der Waals surface area contributed by atoms with Crippen molar-refractivity contribution in [3.8, 4) is 0 Å². The second kappa shape index (κ2) is 7.80. The van der Waals surface area contributed by atoms with Gasteiger partial charge in [-0.15, -0.1) is 0 Å². The Labute approximate surface area is 137 Å². The molecule has 0 unspecified atom stereocenters. The molecule has 0 aliphatic carbocycles. The van der Waals surface area contributed by atoms with Crippen LogP contribution in [0.4, 0.5) is 11.4 Å². The van der Waals surface area contributed by atoms with E-state index in [-0.39, 0.29) is 10.8 Å². The third-order valence-electron chi connectivity index (χ3n) is 2.81. The summed E-state index contributed by atoms with van der Waals surface area (Å²) in [7, 11) is 0. The molecule has 2 rings (SSSR count). The number of hydrogen-bond acceptors (Lipinski definition) is 6. The summed E-state index contributed by atoms with van der Waals surface area (Å²) in [5.41, 5.74) is 9.47. The van der Waals surface area contributed by atoms with Crippen molar-refractivity contribution < 1.29 is 4.92 Å². The van der Waals surface area contributed by atoms with Crippen molar-refractivity contribution in [3.63, 3.8) is 0 Å². The van der Waals surface area contributed by atoms with Crippen LogP contribution in [0.25, 0.3) is 0 Å². The number of hydrazone groups is 1. The second-order valence-corrected chi connectivity index (χ2v) is 4.92. The first-order chi connectivity index (χ1) is 11.1. The Morgan fingerprint density at radius 2 is 2.30 bits per heavy atom. The van der Waals surface area contributed by atoms with Gasteiger partial charge in [0, 0.05) is 30.6 Å². The Balaban J connectivity index is 2.14. The quantitative estimate of drug-likeness (QED) is 0.320. The summed E-state index contributed by atoms with van der Waals surface area (Å²) in [5, 5.41) is 18.0. The highest BCUT2D eigenvalue weighted by Crippen LogP contribution is 2.25. The first-order valence-corrected chi connectivity index (χ1v) is 6.97. The van der Waals surface area contributed by atoms with Crippen LogP contribution < -0.4 is 16.5 Å². The van der Waals surface area contributed by atoms with Gasteiger partial charge in [-0.2, -0.15) is 5.10 Å². The molecule has 0 fully saturated rings. The molecule has 0 aliphatic heterocycles. The lowest BCUT2D eigenvalue weighted by atomic mass is 10.1. The fraction of sp³-hybridized carbons (Fsp3) is 0.0714. The van der Waals surface area contributed by atoms with E-state index in [1.54, 1.807) is 30.6 Å². The maximum atomic E-state index is 11.2. The number of thiocarbonyl (C=S) groups is 1. The number of benzene rings is 1. The van der Waals surface area contributed by atoms with Gasteiger partial charge in [0.1, 0.15) is 5.69 Å². The fourth-order valence-electron chi connectivity index (χ4n) is 1.80. The Morgan fingerprint density at radius 3 is 2.96 bits per heavy atom. The smallest absolute Gasteiger partial charge is 0.292 e. The van der Waals surface area contributed by atoms with Gasteiger partial charge in [-0.05, 0) is 29.9 Å². The zero-order chi connectivity index (χ0) is 16.7. The highest BCUT2D eigenvalue weighted by molar-refractivity contribution is 7.80. The van der Waals surface area contributed by atoms with E-state index >= 15 is 0 Å². The van der Waals surface area contributed by atoms with Crippen LogP contribution in [0, 0.1) is 10.1 Å². The Hall–Kier alpha value is -3.07. The topological polar surface area (TPSA) is 118 Å². The molecule has 1 aromatic heterocycles. The van der Waals surface area contributed by atoms with Gasteiger partial charge in [0.15, 0.2) is 5.11 Å². The molecule has 0 saturated heterocycles. The van der Waals surface area contributed by atoms with Crippen LogP contribution in [-0.4, -0.2) is 21.2 Å². The number of nitrogens with one attached hydrogen (secondary N) is 2. The standard InChI is InChI=1S/C14H14N6O2S/c15-14(23)19-18-9-10-3-4-12(13(6-10)20(21)22)17-8-11-2-1-5-16-7-11/h1-7,9,17H,8H2,(H3,15,19,23)/b18-9+. The van der Waals surface area contributed by atoms with Gasteiger partial charge in [0.2, 0.25) is 0 Å². The maximum Gasteiger partial charge on any atom is 0.292 e. The van der Waals surface area contributed by atoms with Crippen LogP contribution in [0.2, 0.25) is 0 Å². The van der Waals surface area contributed by atoms with Crippen LogP contribution in [0.15, 0.2) is 47.8 Å². The minimum Gasteiger partial charge on any atom is -0.375 e. The van der Waals surface area contributed by atoms with Crippen LogP contribution in [0.3, 0.4) is 0 Å². The molecule has 0 saturated carbocycles. The lowest BCUT2D eigenvalue weighted by Gasteiger charge is -2.07. The summed E-state index contributed by atoms with van der Waals surface area (Å²) in [5.74, 6) is 0. The number of hydrogen-bond donors (Lipinski definition) is 3. The Bertz CT molecular complexity index is 735. The summed E-state index contributed by atoms with van der Waals surface area (Å²) in [6.07, 6.45) is 4.76. The zero-order valence-electron chi connectivity index (χ0n) is 12.0. The molecule has 9 heteroatoms. The number of anilines is 1. The number of rotatable bonds is 6. The van der Waals surface area contributed by atoms with E-state index < -0.39 is 4.92 Å². The Kier molecular flexibility index (Phi) is 5.53. The zero-order valence-corrected chi connectivity index (χ0v) is 12.8. The molecule has 0 amide bonds. The number of nitro benzene ring substituents is 1. The molecule has 0 spiro atoms. The molecule has 0 bridgehead atoms. The molecule has 8 nitrogen and oxygen atoms in total. The SMILES string of the molecule is NC(=S)N/N=C/c1ccc(NCc2cccnc2)c([N+](=O)[O-])c1. The summed E-state index contributed by atoms with van der Waals surface area (Å²) < 4.78 is 0. The van der Waals surface area contributed by atoms with E-state index in [9.17, 15) is 10.1 Å². The van der Waals surface area contributed by atoms with Crippen LogP contribution in [0.5, 0.6) is 0 Å². The first kappa shape index (κ1) is 16.3. The number of aromatic nitrogens is 1. The first-order valence-electron chi connectivity index (χ1n) is 6.56. The molecule has 1 aromatic carbocycles. The summed E-state index contributed by atoms with van der Waals surface area (Å²) >= 11 is 4.61. The van der Waals surface area contributed by atoms with Crippen molar-refractivity contribution in [2.75, 3.05) is 5.32 Å². The maximum absolute atomic E-state index is 11.2. The minimum atomic E-state index is -0.454. The highest BCUT2D eigenvalue weighted by Gasteiger charge is 2.14. The minimum absolute atomic E-state index is 0.0190. The molecule has 0 aliphatic rings. The number of nitrogens with two attached hydrogens (primary N) is 1. The van der Waals surface area contributed by atoms with E-state index in [4.69, 9.17) is 5.73 Å². The molecule has 23 heavy (non-hydrogen) atoms. The largest absolute Gasteiger partial charge is 0.375 e. The van der Waals surface area contributed by atoms with Gasteiger partial charge in [-0.1, -0.05) is 12.1 Å². The summed E-state index contributed by atoms with van der Waals surface area (Å²) in [6, 6.07) is 8.42. The van der Waals surface area contributed by atoms with Gasteiger partial charge < -0.3 is 11.1 Å². The van der Waals surface area contributed by atoms with Gasteiger partial charge in [-0.3, -0.25) is 20.5 Å². The van der Waals surface area contributed by atoms with Crippen molar-refractivity contribution in [1.29, 1.82) is 0 Å². The second-order valence-electron chi connectivity index (χ2n) is 4.48. The highest BCUT2D eigenvalue weighted by atomic mass is 32.1. The van der Waals surface area contributed by atoms with Crippen molar-refractivity contribution in [1.82, 2.24) is 10.4 Å². The molecule has 1 heterocycles. The average Bonchev–Trinajstić information content (AvgIpc) is 2.54. The van der Waals surface area contributed by atoms with E-state index in [2.05, 4.69) is 33.0 Å². The van der Waals surface area contributed by atoms with E-state index in [0.717, 1.165) is 5.56 Å². The van der Waals surface area contributed by atoms with Crippen molar-refractivity contribution in [2.24, 2.45) is 10.8 Å². The fourth-order valence-corrected chi connectivity index (χ4v) is 1.85. The van der Waals surface area contributed by atoms with Crippen molar-refractivity contribution >= 4 is 34.9 Å². The van der Waals surface area contributed by atoms with E-state index in [0.29, 0.717) is 17.8 Å². The third-order valence-corrected chi connectivity index (χ3v) is 2.90. The molecule has 118 valence electrons. The molecule has 0 atom stereocenters. The van der Waals surface area contributed by atoms with Gasteiger partial charge in [0.05, 0.1) is 11.1 Å². The lowest BCUT2D eigenvalue weighted by Crippen LogP contribution is -2.23.